The lowest BCUT2D eigenvalue weighted by atomic mass is 10.1. The molecule has 0 aliphatic carbocycles. The maximum Gasteiger partial charge on any atom is 0.138 e. The third-order valence-corrected chi connectivity index (χ3v) is 3.35. The van der Waals surface area contributed by atoms with Crippen molar-refractivity contribution in [3.05, 3.63) is 29.3 Å². The van der Waals surface area contributed by atoms with E-state index in [1.807, 2.05) is 12.1 Å². The molecule has 3 nitrogen and oxygen atoms in total. The Bertz CT molecular complexity index is 360. The number of aliphatic hydroxyl groups excluding tert-OH is 1. The van der Waals surface area contributed by atoms with Gasteiger partial charge in [-0.3, -0.25) is 0 Å². The van der Waals surface area contributed by atoms with Crippen molar-refractivity contribution < 1.29 is 9.84 Å². The summed E-state index contributed by atoms with van der Waals surface area (Å²) >= 11 is 5.98. The molecule has 2 unspecified atom stereocenters. The molecule has 0 bridgehead atoms. The molecule has 0 fully saturated rings. The van der Waals surface area contributed by atoms with Gasteiger partial charge in [0.1, 0.15) is 18.5 Å². The summed E-state index contributed by atoms with van der Waals surface area (Å²) in [5.74, 6) is 0.615. The van der Waals surface area contributed by atoms with Gasteiger partial charge in [-0.1, -0.05) is 44.0 Å². The molecule has 1 aromatic rings. The highest BCUT2D eigenvalue weighted by molar-refractivity contribution is 6.32. The molecule has 19 heavy (non-hydrogen) atoms. The predicted octanol–water partition coefficient (Wildman–Crippen LogP) is 3.25. The molecule has 0 radical (unpaired) electrons. The van der Waals surface area contributed by atoms with Gasteiger partial charge in [0.15, 0.2) is 0 Å². The largest absolute Gasteiger partial charge is 0.489 e. The molecule has 0 aliphatic rings. The van der Waals surface area contributed by atoms with Gasteiger partial charge in [0.25, 0.3) is 0 Å². The average molecular weight is 286 g/mol. The third-order valence-electron chi connectivity index (χ3n) is 3.04. The van der Waals surface area contributed by atoms with Gasteiger partial charge in [-0.15, -0.1) is 0 Å². The zero-order chi connectivity index (χ0) is 14.1. The topological polar surface area (TPSA) is 41.5 Å². The van der Waals surface area contributed by atoms with E-state index in [0.717, 1.165) is 19.3 Å². The molecule has 2 N–H and O–H groups in total. The fourth-order valence-electron chi connectivity index (χ4n) is 1.91. The quantitative estimate of drug-likeness (QED) is 0.732. The smallest absolute Gasteiger partial charge is 0.138 e. The van der Waals surface area contributed by atoms with Crippen LogP contribution in [-0.4, -0.2) is 30.4 Å². The Morgan fingerprint density at radius 2 is 2.05 bits per heavy atom. The van der Waals surface area contributed by atoms with E-state index < -0.39 is 6.10 Å². The van der Waals surface area contributed by atoms with Gasteiger partial charge in [-0.2, -0.15) is 0 Å². The Labute approximate surface area is 120 Å². The van der Waals surface area contributed by atoms with Crippen molar-refractivity contribution in [3.8, 4) is 5.75 Å². The number of nitrogens with one attached hydrogen (secondary N) is 1. The second kappa shape index (κ2) is 9.18. The van der Waals surface area contributed by atoms with E-state index >= 15 is 0 Å². The normalized spacial score (nSPS) is 14.1. The summed E-state index contributed by atoms with van der Waals surface area (Å²) in [4.78, 5) is 0. The molecule has 0 aromatic heterocycles. The van der Waals surface area contributed by atoms with Gasteiger partial charge in [-0.25, -0.2) is 0 Å². The molecule has 0 aliphatic heterocycles. The highest BCUT2D eigenvalue weighted by Crippen LogP contribution is 2.23. The van der Waals surface area contributed by atoms with E-state index in [2.05, 4.69) is 19.2 Å². The lowest BCUT2D eigenvalue weighted by Crippen LogP contribution is -2.37. The van der Waals surface area contributed by atoms with E-state index in [-0.39, 0.29) is 6.61 Å². The summed E-state index contributed by atoms with van der Waals surface area (Å²) in [6.45, 7) is 5.11. The Morgan fingerprint density at radius 1 is 1.32 bits per heavy atom. The Balaban J connectivity index is 2.28. The first-order valence-electron chi connectivity index (χ1n) is 6.96. The second-order valence-corrected chi connectivity index (χ2v) is 5.10. The average Bonchev–Trinajstić information content (AvgIpc) is 2.42. The first kappa shape index (κ1) is 16.3. The van der Waals surface area contributed by atoms with Gasteiger partial charge in [0.2, 0.25) is 0 Å². The fraction of sp³-hybridized carbons (Fsp3) is 0.600. The summed E-state index contributed by atoms with van der Waals surface area (Å²) in [7, 11) is 0. The van der Waals surface area contributed by atoms with Gasteiger partial charge in [0, 0.05) is 12.6 Å². The zero-order valence-electron chi connectivity index (χ0n) is 11.7. The molecule has 4 heteroatoms. The minimum atomic E-state index is -0.526. The number of para-hydroxylation sites is 1. The molecule has 0 saturated carbocycles. The van der Waals surface area contributed by atoms with Crippen molar-refractivity contribution in [1.29, 1.82) is 0 Å². The molecule has 0 spiro atoms. The first-order valence-corrected chi connectivity index (χ1v) is 7.33. The maximum atomic E-state index is 9.88. The molecule has 1 rings (SSSR count). The van der Waals surface area contributed by atoms with Crippen molar-refractivity contribution in [2.75, 3.05) is 13.2 Å². The Kier molecular flexibility index (Phi) is 7.87. The maximum absolute atomic E-state index is 9.88. The first-order chi connectivity index (χ1) is 9.17. The fourth-order valence-corrected chi connectivity index (χ4v) is 2.10. The van der Waals surface area contributed by atoms with E-state index in [4.69, 9.17) is 16.3 Å². The van der Waals surface area contributed by atoms with Crippen molar-refractivity contribution in [2.24, 2.45) is 0 Å². The number of halogens is 1. The minimum absolute atomic E-state index is 0.249. The minimum Gasteiger partial charge on any atom is -0.489 e. The van der Waals surface area contributed by atoms with Crippen LogP contribution in [0.25, 0.3) is 0 Å². The van der Waals surface area contributed by atoms with Crippen LogP contribution in [0.5, 0.6) is 5.75 Å². The van der Waals surface area contributed by atoms with Gasteiger partial charge in [-0.05, 0) is 25.0 Å². The van der Waals surface area contributed by atoms with Crippen LogP contribution in [0.2, 0.25) is 5.02 Å². The highest BCUT2D eigenvalue weighted by Gasteiger charge is 2.10. The van der Waals surface area contributed by atoms with Crippen LogP contribution in [0.15, 0.2) is 24.3 Å². The summed E-state index contributed by atoms with van der Waals surface area (Å²) in [5, 5.41) is 13.8. The highest BCUT2D eigenvalue weighted by atomic mass is 35.5. The zero-order valence-corrected chi connectivity index (χ0v) is 12.5. The molecule has 0 heterocycles. The van der Waals surface area contributed by atoms with Crippen LogP contribution >= 0.6 is 11.6 Å². The summed E-state index contributed by atoms with van der Waals surface area (Å²) < 4.78 is 5.50. The number of benzene rings is 1. The number of aliphatic hydroxyl groups is 1. The number of rotatable bonds is 9. The molecule has 1 aromatic carbocycles. The van der Waals surface area contributed by atoms with Crippen LogP contribution in [0.1, 0.15) is 33.1 Å². The number of hydrogen-bond donors (Lipinski definition) is 2. The standard InChI is InChI=1S/C15H24ClNO2/c1-3-7-12(4-2)17-10-13(18)11-19-15-9-6-5-8-14(15)16/h5-6,8-9,12-13,17-18H,3-4,7,10-11H2,1-2H3. The summed E-state index contributed by atoms with van der Waals surface area (Å²) in [6.07, 6.45) is 2.83. The Hall–Kier alpha value is -0.770. The van der Waals surface area contributed by atoms with Crippen molar-refractivity contribution in [3.63, 3.8) is 0 Å². The molecular weight excluding hydrogens is 262 g/mol. The predicted molar refractivity (Wildman–Crippen MR) is 79.9 cm³/mol. The van der Waals surface area contributed by atoms with Crippen molar-refractivity contribution in [1.82, 2.24) is 5.32 Å². The van der Waals surface area contributed by atoms with E-state index in [1.54, 1.807) is 12.1 Å². The van der Waals surface area contributed by atoms with Crippen molar-refractivity contribution in [2.45, 2.75) is 45.3 Å². The second-order valence-electron chi connectivity index (χ2n) is 4.70. The molecule has 108 valence electrons. The van der Waals surface area contributed by atoms with Crippen LogP contribution in [0.4, 0.5) is 0 Å². The van der Waals surface area contributed by atoms with Gasteiger partial charge >= 0.3 is 0 Å². The third kappa shape index (κ3) is 6.28. The molecule has 2 atom stereocenters. The van der Waals surface area contributed by atoms with E-state index in [1.165, 1.54) is 0 Å². The van der Waals surface area contributed by atoms with Crippen LogP contribution in [0, 0.1) is 0 Å². The van der Waals surface area contributed by atoms with Crippen LogP contribution in [0.3, 0.4) is 0 Å². The lowest BCUT2D eigenvalue weighted by molar-refractivity contribution is 0.103. The number of ether oxygens (including phenoxy) is 1. The molecule has 0 saturated heterocycles. The molecule has 0 amide bonds. The van der Waals surface area contributed by atoms with Crippen LogP contribution in [-0.2, 0) is 0 Å². The lowest BCUT2D eigenvalue weighted by Gasteiger charge is -2.19. The van der Waals surface area contributed by atoms with Crippen molar-refractivity contribution >= 4 is 11.6 Å². The molecular formula is C15H24ClNO2. The monoisotopic (exact) mass is 285 g/mol. The van der Waals surface area contributed by atoms with Crippen LogP contribution < -0.4 is 10.1 Å². The van der Waals surface area contributed by atoms with Gasteiger partial charge in [0.05, 0.1) is 5.02 Å². The van der Waals surface area contributed by atoms with E-state index in [9.17, 15) is 5.11 Å². The SMILES string of the molecule is CCCC(CC)NCC(O)COc1ccccc1Cl. The Morgan fingerprint density at radius 3 is 2.68 bits per heavy atom. The van der Waals surface area contributed by atoms with Gasteiger partial charge < -0.3 is 15.2 Å². The summed E-state index contributed by atoms with van der Waals surface area (Å²) in [6, 6.07) is 7.76. The van der Waals surface area contributed by atoms with E-state index in [0.29, 0.717) is 23.4 Å². The summed E-state index contributed by atoms with van der Waals surface area (Å²) in [5.41, 5.74) is 0. The number of hydrogen-bond acceptors (Lipinski definition) is 3.